The van der Waals surface area contributed by atoms with Gasteiger partial charge in [-0.25, -0.2) is 17.6 Å². The van der Waals surface area contributed by atoms with Crippen LogP contribution < -0.4 is 0 Å². The molecule has 1 aromatic carbocycles. The van der Waals surface area contributed by atoms with Crippen molar-refractivity contribution < 1.29 is 22.3 Å². The van der Waals surface area contributed by atoms with Gasteiger partial charge in [-0.05, 0) is 43.4 Å². The zero-order chi connectivity index (χ0) is 16.2. The molecule has 0 aromatic heterocycles. The lowest BCUT2D eigenvalue weighted by molar-refractivity contribution is 0.0489. The molecular weight excluding hydrogens is 319 g/mol. The Balaban J connectivity index is 2.90. The van der Waals surface area contributed by atoms with Crippen molar-refractivity contribution in [2.24, 2.45) is 5.92 Å². The third kappa shape index (κ3) is 5.28. The van der Waals surface area contributed by atoms with E-state index in [4.69, 9.17) is 15.4 Å². The molecule has 0 saturated carbocycles. The lowest BCUT2D eigenvalue weighted by atomic mass is 10.1. The van der Waals surface area contributed by atoms with Crippen molar-refractivity contribution in [2.45, 2.75) is 38.5 Å². The maximum Gasteiger partial charge on any atom is 0.341 e. The number of rotatable bonds is 6. The zero-order valence-electron chi connectivity index (χ0n) is 12.2. The van der Waals surface area contributed by atoms with Crippen molar-refractivity contribution in [2.75, 3.05) is 6.61 Å². The third-order valence-corrected chi connectivity index (χ3v) is 4.37. The quantitative estimate of drug-likeness (QED) is 0.452. The van der Waals surface area contributed by atoms with E-state index in [9.17, 15) is 17.6 Å². The Hall–Kier alpha value is -1.14. The van der Waals surface area contributed by atoms with Gasteiger partial charge in [0.05, 0.1) is 17.1 Å². The van der Waals surface area contributed by atoms with Crippen LogP contribution in [0.25, 0.3) is 0 Å². The predicted molar refractivity (Wildman–Crippen MR) is 78.5 cm³/mol. The summed E-state index contributed by atoms with van der Waals surface area (Å²) in [6, 6.07) is 1.87. The number of ether oxygens (including phenoxy) is 1. The van der Waals surface area contributed by atoms with Gasteiger partial charge < -0.3 is 4.74 Å². The van der Waals surface area contributed by atoms with Crippen LogP contribution in [0.15, 0.2) is 17.0 Å². The van der Waals surface area contributed by atoms with Gasteiger partial charge in [0.25, 0.3) is 9.05 Å². The third-order valence-electron chi connectivity index (χ3n) is 2.91. The van der Waals surface area contributed by atoms with Crippen LogP contribution in [0, 0.1) is 18.7 Å². The van der Waals surface area contributed by atoms with Crippen molar-refractivity contribution in [3.05, 3.63) is 29.1 Å². The standard InChI is InChI=1S/C14H18ClFO4S/c1-9(2)5-4-6-20-14(17)11-8-13(21(15,18)19)10(3)7-12(11)16/h7-9H,4-6H2,1-3H3. The highest BCUT2D eigenvalue weighted by Gasteiger charge is 2.21. The fraction of sp³-hybridized carbons (Fsp3) is 0.500. The number of carbonyl (C=O) groups excluding carboxylic acids is 1. The molecule has 0 unspecified atom stereocenters. The highest BCUT2D eigenvalue weighted by atomic mass is 35.7. The molecule has 0 fully saturated rings. The first-order valence-corrected chi connectivity index (χ1v) is 8.85. The topological polar surface area (TPSA) is 60.4 Å². The SMILES string of the molecule is Cc1cc(F)c(C(=O)OCCCC(C)C)cc1S(=O)(=O)Cl. The molecule has 0 aliphatic heterocycles. The average molecular weight is 337 g/mol. The van der Waals surface area contributed by atoms with Gasteiger partial charge in [0.15, 0.2) is 0 Å². The molecule has 1 aromatic rings. The smallest absolute Gasteiger partial charge is 0.341 e. The van der Waals surface area contributed by atoms with Gasteiger partial charge in [0, 0.05) is 10.7 Å². The van der Waals surface area contributed by atoms with Gasteiger partial charge in [0.1, 0.15) is 5.82 Å². The molecule has 0 aliphatic rings. The molecule has 4 nitrogen and oxygen atoms in total. The second kappa shape index (κ2) is 7.22. The van der Waals surface area contributed by atoms with Gasteiger partial charge in [-0.3, -0.25) is 0 Å². The maximum absolute atomic E-state index is 13.8. The number of hydrogen-bond acceptors (Lipinski definition) is 4. The van der Waals surface area contributed by atoms with E-state index < -0.39 is 26.4 Å². The number of hydrogen-bond donors (Lipinski definition) is 0. The van der Waals surface area contributed by atoms with E-state index in [1.165, 1.54) is 6.92 Å². The summed E-state index contributed by atoms with van der Waals surface area (Å²) in [5.41, 5.74) is -0.289. The highest BCUT2D eigenvalue weighted by molar-refractivity contribution is 8.13. The average Bonchev–Trinajstić information content (AvgIpc) is 2.32. The summed E-state index contributed by atoms with van der Waals surface area (Å²) < 4.78 is 41.4. The van der Waals surface area contributed by atoms with Crippen molar-refractivity contribution in [1.29, 1.82) is 0 Å². The molecule has 0 N–H and O–H groups in total. The summed E-state index contributed by atoms with van der Waals surface area (Å²) in [6.45, 7) is 5.64. The normalized spacial score (nSPS) is 11.7. The Morgan fingerprint density at radius 2 is 2.00 bits per heavy atom. The molecule has 0 bridgehead atoms. The molecular formula is C14H18ClFO4S. The summed E-state index contributed by atoms with van der Waals surface area (Å²) >= 11 is 0. The van der Waals surface area contributed by atoms with E-state index in [1.807, 2.05) is 13.8 Å². The van der Waals surface area contributed by atoms with Crippen LogP contribution in [0.3, 0.4) is 0 Å². The number of halogens is 2. The number of aryl methyl sites for hydroxylation is 1. The van der Waals surface area contributed by atoms with E-state index in [2.05, 4.69) is 0 Å². The lowest BCUT2D eigenvalue weighted by Gasteiger charge is -2.09. The number of benzene rings is 1. The fourth-order valence-corrected chi connectivity index (χ4v) is 3.01. The summed E-state index contributed by atoms with van der Waals surface area (Å²) in [5.74, 6) is -1.24. The molecule has 0 atom stereocenters. The minimum Gasteiger partial charge on any atom is -0.462 e. The Morgan fingerprint density at radius 3 is 2.52 bits per heavy atom. The molecule has 0 aliphatic carbocycles. The molecule has 0 radical (unpaired) electrons. The van der Waals surface area contributed by atoms with Crippen LogP contribution in [-0.2, 0) is 13.8 Å². The molecule has 0 spiro atoms. The van der Waals surface area contributed by atoms with Crippen LogP contribution in [0.1, 0.15) is 42.6 Å². The van der Waals surface area contributed by atoms with E-state index in [0.29, 0.717) is 12.3 Å². The maximum atomic E-state index is 13.8. The van der Waals surface area contributed by atoms with Crippen LogP contribution in [0.5, 0.6) is 0 Å². The Labute approximate surface area is 128 Å². The monoisotopic (exact) mass is 336 g/mol. The van der Waals surface area contributed by atoms with Gasteiger partial charge >= 0.3 is 5.97 Å². The second-order valence-corrected chi connectivity index (χ2v) is 7.74. The van der Waals surface area contributed by atoms with Crippen LogP contribution >= 0.6 is 10.7 Å². The first-order chi connectivity index (χ1) is 9.62. The minimum absolute atomic E-state index is 0.138. The van der Waals surface area contributed by atoms with Crippen molar-refractivity contribution >= 4 is 25.7 Å². The largest absolute Gasteiger partial charge is 0.462 e. The minimum atomic E-state index is -4.04. The summed E-state index contributed by atoms with van der Waals surface area (Å²) in [4.78, 5) is 11.5. The Morgan fingerprint density at radius 1 is 1.38 bits per heavy atom. The van der Waals surface area contributed by atoms with Crippen LogP contribution in [0.2, 0.25) is 0 Å². The van der Waals surface area contributed by atoms with Crippen LogP contribution in [-0.4, -0.2) is 21.0 Å². The lowest BCUT2D eigenvalue weighted by Crippen LogP contribution is -2.11. The second-order valence-electron chi connectivity index (χ2n) is 5.21. The summed E-state index contributed by atoms with van der Waals surface area (Å²) in [6.07, 6.45) is 1.54. The molecule has 0 heterocycles. The molecule has 1 rings (SSSR count). The first-order valence-electron chi connectivity index (χ1n) is 6.55. The van der Waals surface area contributed by atoms with Gasteiger partial charge in [-0.2, -0.15) is 0 Å². The number of carbonyl (C=O) groups is 1. The Kier molecular flexibility index (Phi) is 6.16. The molecule has 0 amide bonds. The summed E-state index contributed by atoms with van der Waals surface area (Å²) in [7, 11) is 1.21. The zero-order valence-corrected chi connectivity index (χ0v) is 13.7. The van der Waals surface area contributed by atoms with Crippen molar-refractivity contribution in [1.82, 2.24) is 0 Å². The van der Waals surface area contributed by atoms with Gasteiger partial charge in [-0.1, -0.05) is 13.8 Å². The molecule has 118 valence electrons. The summed E-state index contributed by atoms with van der Waals surface area (Å²) in [5, 5.41) is 0. The predicted octanol–water partition coefficient (Wildman–Crippen LogP) is 3.65. The van der Waals surface area contributed by atoms with Crippen LogP contribution in [0.4, 0.5) is 4.39 Å². The van der Waals surface area contributed by atoms with Gasteiger partial charge in [0.2, 0.25) is 0 Å². The van der Waals surface area contributed by atoms with Crippen molar-refractivity contribution in [3.8, 4) is 0 Å². The first kappa shape index (κ1) is 17.9. The highest BCUT2D eigenvalue weighted by Crippen LogP contribution is 2.23. The molecule has 21 heavy (non-hydrogen) atoms. The van der Waals surface area contributed by atoms with E-state index in [0.717, 1.165) is 18.6 Å². The number of esters is 1. The Bertz CT molecular complexity index is 626. The van der Waals surface area contributed by atoms with Gasteiger partial charge in [-0.15, -0.1) is 0 Å². The van der Waals surface area contributed by atoms with E-state index in [1.54, 1.807) is 0 Å². The fourth-order valence-electron chi connectivity index (χ4n) is 1.81. The van der Waals surface area contributed by atoms with Crippen molar-refractivity contribution in [3.63, 3.8) is 0 Å². The molecule has 7 heteroatoms. The van der Waals surface area contributed by atoms with E-state index >= 15 is 0 Å². The molecule has 0 saturated heterocycles. The van der Waals surface area contributed by atoms with E-state index in [-0.39, 0.29) is 17.1 Å².